The number of ketones is 1. The number of carbonyl (C=O) groups excluding carboxylic acids is 1. The third-order valence-electron chi connectivity index (χ3n) is 4.35. The van der Waals surface area contributed by atoms with E-state index in [1.54, 1.807) is 0 Å². The molecule has 110 valence electrons. The van der Waals surface area contributed by atoms with Gasteiger partial charge in [0.05, 0.1) is 0 Å². The number of carbonyl (C=O) groups is 1. The number of hydrogen-bond acceptors (Lipinski definition) is 2. The molecule has 2 aromatic rings. The lowest BCUT2D eigenvalue weighted by molar-refractivity contribution is 0.0981. The fourth-order valence-electron chi connectivity index (χ4n) is 2.74. The maximum absolute atomic E-state index is 12.6. The zero-order valence-corrected chi connectivity index (χ0v) is 13.2. The molecule has 2 heteroatoms. The van der Waals surface area contributed by atoms with Gasteiger partial charge in [0.15, 0.2) is 5.78 Å². The van der Waals surface area contributed by atoms with E-state index in [9.17, 15) is 9.90 Å². The molecule has 2 nitrogen and oxygen atoms in total. The Balaban J connectivity index is 2.28. The van der Waals surface area contributed by atoms with E-state index in [-0.39, 0.29) is 5.78 Å². The van der Waals surface area contributed by atoms with Gasteiger partial charge in [-0.05, 0) is 61.9 Å². The van der Waals surface area contributed by atoms with Crippen LogP contribution < -0.4 is 0 Å². The van der Waals surface area contributed by atoms with Crippen LogP contribution in [0.15, 0.2) is 30.3 Å². The zero-order chi connectivity index (χ0) is 15.6. The summed E-state index contributed by atoms with van der Waals surface area (Å²) in [5.41, 5.74) is 5.36. The van der Waals surface area contributed by atoms with E-state index >= 15 is 0 Å². The van der Waals surface area contributed by atoms with Crippen LogP contribution in [0.1, 0.15) is 44.6 Å². The van der Waals surface area contributed by atoms with Crippen molar-refractivity contribution in [1.82, 2.24) is 0 Å². The van der Waals surface area contributed by atoms with Crippen molar-refractivity contribution in [1.29, 1.82) is 0 Å². The third-order valence-corrected chi connectivity index (χ3v) is 4.35. The molecule has 0 saturated heterocycles. The molecule has 21 heavy (non-hydrogen) atoms. The number of benzene rings is 2. The first kappa shape index (κ1) is 15.3. The monoisotopic (exact) mass is 282 g/mol. The average Bonchev–Trinajstić information content (AvgIpc) is 2.50. The molecule has 0 aliphatic rings. The summed E-state index contributed by atoms with van der Waals surface area (Å²) >= 11 is 0. The van der Waals surface area contributed by atoms with Gasteiger partial charge < -0.3 is 5.11 Å². The van der Waals surface area contributed by atoms with Gasteiger partial charge in [0.1, 0.15) is 5.75 Å². The van der Waals surface area contributed by atoms with Crippen LogP contribution in [-0.4, -0.2) is 10.9 Å². The quantitative estimate of drug-likeness (QED) is 0.842. The van der Waals surface area contributed by atoms with Crippen molar-refractivity contribution in [3.63, 3.8) is 0 Å². The number of aryl methyl sites for hydroxylation is 1. The van der Waals surface area contributed by atoms with Gasteiger partial charge in [-0.15, -0.1) is 0 Å². The van der Waals surface area contributed by atoms with Gasteiger partial charge in [-0.3, -0.25) is 4.79 Å². The molecule has 0 bridgehead atoms. The molecule has 0 aromatic heterocycles. The Morgan fingerprint density at radius 3 is 1.95 bits per heavy atom. The molecule has 0 aliphatic carbocycles. The van der Waals surface area contributed by atoms with Crippen molar-refractivity contribution in [3.05, 3.63) is 63.7 Å². The van der Waals surface area contributed by atoms with Gasteiger partial charge in [-0.1, -0.05) is 30.3 Å². The molecule has 1 N–H and O–H groups in total. The van der Waals surface area contributed by atoms with E-state index in [4.69, 9.17) is 0 Å². The van der Waals surface area contributed by atoms with Crippen LogP contribution in [-0.2, 0) is 6.42 Å². The Hall–Kier alpha value is -2.09. The maximum atomic E-state index is 12.6. The second-order valence-corrected chi connectivity index (χ2v) is 5.63. The van der Waals surface area contributed by atoms with Crippen LogP contribution >= 0.6 is 0 Å². The first-order chi connectivity index (χ1) is 9.93. The molecule has 0 saturated carbocycles. The van der Waals surface area contributed by atoms with Crippen molar-refractivity contribution in [3.8, 4) is 5.75 Å². The smallest absolute Gasteiger partial charge is 0.163 e. The summed E-state index contributed by atoms with van der Waals surface area (Å²) in [6.45, 7) is 7.56. The molecule has 2 rings (SSSR count). The van der Waals surface area contributed by atoms with E-state index in [0.29, 0.717) is 12.2 Å². The number of hydrogen-bond donors (Lipinski definition) is 1. The van der Waals surface area contributed by atoms with Crippen LogP contribution in [0.3, 0.4) is 0 Å². The zero-order valence-electron chi connectivity index (χ0n) is 13.2. The topological polar surface area (TPSA) is 37.3 Å². The minimum Gasteiger partial charge on any atom is -0.507 e. The lowest BCUT2D eigenvalue weighted by atomic mass is 9.89. The molecule has 0 amide bonds. The fourth-order valence-corrected chi connectivity index (χ4v) is 2.74. The van der Waals surface area contributed by atoms with E-state index in [2.05, 4.69) is 0 Å². The second-order valence-electron chi connectivity index (χ2n) is 5.63. The predicted octanol–water partition coefficient (Wildman–Crippen LogP) is 4.44. The van der Waals surface area contributed by atoms with E-state index in [0.717, 1.165) is 34.2 Å². The molecule has 0 aliphatic heterocycles. The van der Waals surface area contributed by atoms with Crippen molar-refractivity contribution >= 4 is 5.78 Å². The maximum Gasteiger partial charge on any atom is 0.163 e. The molecular weight excluding hydrogens is 260 g/mol. The van der Waals surface area contributed by atoms with Crippen LogP contribution in [0.5, 0.6) is 5.75 Å². The van der Waals surface area contributed by atoms with Crippen LogP contribution in [0.2, 0.25) is 0 Å². The van der Waals surface area contributed by atoms with Crippen molar-refractivity contribution in [2.75, 3.05) is 0 Å². The minimum absolute atomic E-state index is 0.153. The highest BCUT2D eigenvalue weighted by molar-refractivity contribution is 6.00. The molecule has 0 atom stereocenters. The van der Waals surface area contributed by atoms with Crippen molar-refractivity contribution < 1.29 is 9.90 Å². The van der Waals surface area contributed by atoms with Crippen LogP contribution in [0, 0.1) is 27.7 Å². The number of aromatic hydroxyl groups is 1. The highest BCUT2D eigenvalue weighted by Gasteiger charge is 2.19. The summed E-state index contributed by atoms with van der Waals surface area (Å²) in [6.07, 6.45) is 1.24. The summed E-state index contributed by atoms with van der Waals surface area (Å²) < 4.78 is 0. The Kier molecular flexibility index (Phi) is 4.46. The lowest BCUT2D eigenvalue weighted by Crippen LogP contribution is -2.09. The second kappa shape index (κ2) is 6.13. The third kappa shape index (κ3) is 2.99. The molecule has 0 radical (unpaired) electrons. The van der Waals surface area contributed by atoms with Gasteiger partial charge in [-0.25, -0.2) is 0 Å². The number of phenols is 1. The Morgan fingerprint density at radius 2 is 1.43 bits per heavy atom. The SMILES string of the molecule is Cc1c(C)c(C(=O)CCc2ccccc2)c(C)c(C)c1O. The summed E-state index contributed by atoms with van der Waals surface area (Å²) in [7, 11) is 0. The number of phenolic OH excluding ortho intramolecular Hbond substituents is 1. The van der Waals surface area contributed by atoms with Crippen LogP contribution in [0.25, 0.3) is 0 Å². The Labute approximate surface area is 126 Å². The van der Waals surface area contributed by atoms with Crippen LogP contribution in [0.4, 0.5) is 0 Å². The van der Waals surface area contributed by atoms with E-state index in [1.165, 1.54) is 5.56 Å². The molecule has 0 spiro atoms. The number of rotatable bonds is 4. The molecular formula is C19H22O2. The Morgan fingerprint density at radius 1 is 0.905 bits per heavy atom. The van der Waals surface area contributed by atoms with Gasteiger partial charge in [-0.2, -0.15) is 0 Å². The summed E-state index contributed by atoms with van der Waals surface area (Å²) in [4.78, 5) is 12.6. The van der Waals surface area contributed by atoms with Gasteiger partial charge in [0, 0.05) is 12.0 Å². The van der Waals surface area contributed by atoms with Gasteiger partial charge >= 0.3 is 0 Å². The molecule has 2 aromatic carbocycles. The van der Waals surface area contributed by atoms with Gasteiger partial charge in [0.2, 0.25) is 0 Å². The van der Waals surface area contributed by atoms with Gasteiger partial charge in [0.25, 0.3) is 0 Å². The lowest BCUT2D eigenvalue weighted by Gasteiger charge is -2.16. The Bertz CT molecular complexity index is 641. The first-order valence-corrected chi connectivity index (χ1v) is 7.30. The average molecular weight is 282 g/mol. The molecule has 0 fully saturated rings. The fraction of sp³-hybridized carbons (Fsp3) is 0.316. The summed E-state index contributed by atoms with van der Waals surface area (Å²) in [5, 5.41) is 10.1. The molecule has 0 heterocycles. The highest BCUT2D eigenvalue weighted by Crippen LogP contribution is 2.32. The standard InChI is InChI=1S/C19H22O2/c1-12-14(3)19(21)15(4)13(2)18(12)17(20)11-10-16-8-6-5-7-9-16/h5-9,21H,10-11H2,1-4H3. The van der Waals surface area contributed by atoms with E-state index < -0.39 is 0 Å². The van der Waals surface area contributed by atoms with Crippen molar-refractivity contribution in [2.45, 2.75) is 40.5 Å². The largest absolute Gasteiger partial charge is 0.507 e. The summed E-state index contributed by atoms with van der Waals surface area (Å²) in [5.74, 6) is 0.463. The first-order valence-electron chi connectivity index (χ1n) is 7.30. The number of Topliss-reactive ketones (excluding diaryl/α,β-unsaturated/α-hetero) is 1. The van der Waals surface area contributed by atoms with Crippen molar-refractivity contribution in [2.24, 2.45) is 0 Å². The highest BCUT2D eigenvalue weighted by atomic mass is 16.3. The molecule has 0 unspecified atom stereocenters. The van der Waals surface area contributed by atoms with E-state index in [1.807, 2.05) is 58.0 Å². The predicted molar refractivity (Wildman–Crippen MR) is 86.1 cm³/mol. The summed E-state index contributed by atoms with van der Waals surface area (Å²) in [6, 6.07) is 10.0. The normalized spacial score (nSPS) is 10.7. The minimum atomic E-state index is 0.153.